The molecule has 0 unspecified atom stereocenters. The lowest BCUT2D eigenvalue weighted by molar-refractivity contribution is -0.428. The van der Waals surface area contributed by atoms with E-state index in [0.29, 0.717) is 6.54 Å². The van der Waals surface area contributed by atoms with Crippen molar-refractivity contribution in [1.82, 2.24) is 15.2 Å². The highest BCUT2D eigenvalue weighted by atomic mass is 32.2. The molecule has 0 saturated carbocycles. The largest absolute Gasteiger partial charge is 0.380 e. The average molecular weight is 355 g/mol. The van der Waals surface area contributed by atoms with Crippen molar-refractivity contribution in [3.8, 4) is 12.3 Å². The third kappa shape index (κ3) is 7.36. The van der Waals surface area contributed by atoms with Crippen molar-refractivity contribution >= 4 is 23.1 Å². The Bertz CT molecular complexity index is 592. The van der Waals surface area contributed by atoms with E-state index in [1.165, 1.54) is 0 Å². The summed E-state index contributed by atoms with van der Waals surface area (Å²) in [5, 5.41) is 16.8. The number of nitrogens with one attached hydrogen (secondary N) is 1. The van der Waals surface area contributed by atoms with Crippen LogP contribution in [0, 0.1) is 22.5 Å². The van der Waals surface area contributed by atoms with E-state index >= 15 is 0 Å². The molecule has 1 rings (SSSR count). The molecule has 0 bridgehead atoms. The van der Waals surface area contributed by atoms with Gasteiger partial charge in [0.05, 0.1) is 10.6 Å². The minimum atomic E-state index is -0.545. The maximum absolute atomic E-state index is 10.8. The highest BCUT2D eigenvalue weighted by Gasteiger charge is 2.14. The predicted octanol–water partition coefficient (Wildman–Crippen LogP) is 1.46. The summed E-state index contributed by atoms with van der Waals surface area (Å²) in [5.74, 6) is 3.84. The van der Waals surface area contributed by atoms with Gasteiger partial charge in [-0.25, -0.2) is 4.98 Å². The molecule has 1 aromatic heterocycles. The SMILES string of the molecule is C#CCC(=C(N)NCCSCc1csc(CN(C)C)n1)[N+](=O)[O-]. The predicted molar refractivity (Wildman–Crippen MR) is 95.3 cm³/mol. The number of hydrogen-bond donors (Lipinski definition) is 2. The Morgan fingerprint density at radius 1 is 1.65 bits per heavy atom. The number of thiazole rings is 1. The molecule has 7 nitrogen and oxygen atoms in total. The summed E-state index contributed by atoms with van der Waals surface area (Å²) in [7, 11) is 4.03. The molecule has 9 heteroatoms. The van der Waals surface area contributed by atoms with Crippen LogP contribution in [0.25, 0.3) is 0 Å². The highest BCUT2D eigenvalue weighted by molar-refractivity contribution is 7.98. The van der Waals surface area contributed by atoms with Gasteiger partial charge in [-0.2, -0.15) is 11.8 Å². The summed E-state index contributed by atoms with van der Waals surface area (Å²) in [6.07, 6.45) is 5.00. The van der Waals surface area contributed by atoms with Crippen molar-refractivity contribution < 1.29 is 4.92 Å². The minimum absolute atomic E-state index is 0.0375. The second-order valence-electron chi connectivity index (χ2n) is 4.95. The first-order valence-corrected chi connectivity index (χ1v) is 8.93. The zero-order valence-corrected chi connectivity index (χ0v) is 14.9. The van der Waals surface area contributed by atoms with Gasteiger partial charge in [-0.1, -0.05) is 5.92 Å². The zero-order chi connectivity index (χ0) is 17.2. The summed E-state index contributed by atoms with van der Waals surface area (Å²) in [6.45, 7) is 1.38. The Labute approximate surface area is 144 Å². The first kappa shape index (κ1) is 19.3. The Hall–Kier alpha value is -1.76. The molecular weight excluding hydrogens is 334 g/mol. The van der Waals surface area contributed by atoms with Crippen LogP contribution in [0.5, 0.6) is 0 Å². The van der Waals surface area contributed by atoms with E-state index in [0.717, 1.165) is 28.8 Å². The van der Waals surface area contributed by atoms with Gasteiger partial charge in [-0.3, -0.25) is 10.1 Å². The van der Waals surface area contributed by atoms with E-state index in [2.05, 4.69) is 26.5 Å². The summed E-state index contributed by atoms with van der Waals surface area (Å²) in [6, 6.07) is 0. The smallest absolute Gasteiger partial charge is 0.297 e. The number of nitrogens with two attached hydrogens (primary N) is 1. The maximum Gasteiger partial charge on any atom is 0.297 e. The standard InChI is InChI=1S/C14H21N5O2S2/c1-4-5-12(19(20)21)14(15)16-6-7-22-9-11-10-23-13(17-11)8-18(2)3/h1,10,16H,5-9,15H2,2-3H3. The Morgan fingerprint density at radius 3 is 3.00 bits per heavy atom. The maximum atomic E-state index is 10.8. The van der Waals surface area contributed by atoms with Gasteiger partial charge in [0, 0.05) is 30.0 Å². The van der Waals surface area contributed by atoms with Gasteiger partial charge in [0.25, 0.3) is 5.70 Å². The molecule has 1 aromatic rings. The first-order valence-electron chi connectivity index (χ1n) is 6.90. The van der Waals surface area contributed by atoms with Crippen molar-refractivity contribution in [3.05, 3.63) is 37.7 Å². The van der Waals surface area contributed by atoms with Crippen LogP contribution in [0.3, 0.4) is 0 Å². The number of terminal acetylenes is 1. The van der Waals surface area contributed by atoms with Crippen LogP contribution in [0.1, 0.15) is 17.1 Å². The number of rotatable bonds is 10. The second-order valence-corrected chi connectivity index (χ2v) is 7.00. The van der Waals surface area contributed by atoms with Crippen LogP contribution >= 0.6 is 23.1 Å². The summed E-state index contributed by atoms with van der Waals surface area (Å²) >= 11 is 3.35. The molecule has 3 N–H and O–H groups in total. The average Bonchev–Trinajstić information content (AvgIpc) is 2.90. The molecule has 1 heterocycles. The monoisotopic (exact) mass is 355 g/mol. The van der Waals surface area contributed by atoms with E-state index < -0.39 is 4.92 Å². The molecule has 0 aliphatic rings. The lowest BCUT2D eigenvalue weighted by atomic mass is 10.3. The molecular formula is C14H21N5O2S2. The van der Waals surface area contributed by atoms with E-state index in [4.69, 9.17) is 12.2 Å². The summed E-state index contributed by atoms with van der Waals surface area (Å²) < 4.78 is 0. The molecule has 0 amide bonds. The van der Waals surface area contributed by atoms with Crippen LogP contribution in [0.4, 0.5) is 0 Å². The van der Waals surface area contributed by atoms with Gasteiger partial charge in [-0.05, 0) is 14.1 Å². The van der Waals surface area contributed by atoms with E-state index in [1.54, 1.807) is 23.1 Å². The molecule has 0 fully saturated rings. The van der Waals surface area contributed by atoms with Crippen LogP contribution in [-0.4, -0.2) is 41.2 Å². The van der Waals surface area contributed by atoms with Crippen LogP contribution < -0.4 is 11.1 Å². The Morgan fingerprint density at radius 2 is 2.39 bits per heavy atom. The zero-order valence-electron chi connectivity index (χ0n) is 13.2. The van der Waals surface area contributed by atoms with Crippen LogP contribution in [-0.2, 0) is 12.3 Å². The quantitative estimate of drug-likeness (QED) is 0.284. The number of aromatic nitrogens is 1. The molecule has 0 spiro atoms. The Kier molecular flexibility index (Phi) is 8.47. The summed E-state index contributed by atoms with van der Waals surface area (Å²) in [4.78, 5) is 16.9. The van der Waals surface area contributed by atoms with Gasteiger partial charge in [0.1, 0.15) is 11.4 Å². The number of hydrogen-bond acceptors (Lipinski definition) is 8. The molecule has 0 radical (unpaired) electrons. The molecule has 23 heavy (non-hydrogen) atoms. The molecule has 0 atom stereocenters. The first-order chi connectivity index (χ1) is 10.9. The third-order valence-electron chi connectivity index (χ3n) is 2.66. The second kappa shape index (κ2) is 10.1. The molecule has 0 aliphatic carbocycles. The van der Waals surface area contributed by atoms with Gasteiger partial charge in [0.2, 0.25) is 0 Å². The number of nitro groups is 1. The highest BCUT2D eigenvalue weighted by Crippen LogP contribution is 2.16. The molecule has 126 valence electrons. The van der Waals surface area contributed by atoms with Crippen molar-refractivity contribution in [2.45, 2.75) is 18.7 Å². The van der Waals surface area contributed by atoms with Crippen LogP contribution in [0.15, 0.2) is 16.9 Å². The topological polar surface area (TPSA) is 97.3 Å². The fourth-order valence-electron chi connectivity index (χ4n) is 1.65. The van der Waals surface area contributed by atoms with Gasteiger partial charge in [0.15, 0.2) is 5.82 Å². The fraction of sp³-hybridized carbons (Fsp3) is 0.500. The molecule has 0 saturated heterocycles. The number of nitrogens with zero attached hydrogens (tertiary/aromatic N) is 3. The third-order valence-corrected chi connectivity index (χ3v) is 4.54. The minimum Gasteiger partial charge on any atom is -0.380 e. The Balaban J connectivity index is 2.32. The fourth-order valence-corrected chi connectivity index (χ4v) is 3.41. The molecule has 0 aromatic carbocycles. The van der Waals surface area contributed by atoms with Gasteiger partial charge in [-0.15, -0.1) is 17.8 Å². The van der Waals surface area contributed by atoms with Crippen LogP contribution in [0.2, 0.25) is 0 Å². The van der Waals surface area contributed by atoms with Gasteiger partial charge < -0.3 is 16.0 Å². The normalized spacial score (nSPS) is 11.9. The van der Waals surface area contributed by atoms with E-state index in [9.17, 15) is 10.1 Å². The number of thioether (sulfide) groups is 1. The van der Waals surface area contributed by atoms with Crippen molar-refractivity contribution in [2.24, 2.45) is 5.73 Å². The van der Waals surface area contributed by atoms with Crippen molar-refractivity contribution in [2.75, 3.05) is 26.4 Å². The van der Waals surface area contributed by atoms with E-state index in [1.807, 2.05) is 14.1 Å². The lowest BCUT2D eigenvalue weighted by Gasteiger charge is -2.06. The lowest BCUT2D eigenvalue weighted by Crippen LogP contribution is -2.26. The summed E-state index contributed by atoms with van der Waals surface area (Å²) in [5.41, 5.74) is 6.55. The molecule has 0 aliphatic heterocycles. The number of allylic oxidation sites excluding steroid dienone is 1. The van der Waals surface area contributed by atoms with Gasteiger partial charge >= 0.3 is 0 Å². The van der Waals surface area contributed by atoms with Crippen molar-refractivity contribution in [3.63, 3.8) is 0 Å². The van der Waals surface area contributed by atoms with Crippen molar-refractivity contribution in [1.29, 1.82) is 0 Å². The van der Waals surface area contributed by atoms with E-state index in [-0.39, 0.29) is 17.9 Å².